The predicted molar refractivity (Wildman–Crippen MR) is 94.8 cm³/mol. The van der Waals surface area contributed by atoms with E-state index < -0.39 is 11.6 Å². The number of halogens is 2. The average molecular weight is 360 g/mol. The molecule has 138 valence electrons. The zero-order valence-electron chi connectivity index (χ0n) is 14.7. The highest BCUT2D eigenvalue weighted by atomic mass is 19.2. The molecule has 0 aromatic heterocycles. The Hall–Kier alpha value is -2.47. The number of ether oxygens (including phenoxy) is 1. The first-order chi connectivity index (χ1) is 12.6. The highest BCUT2D eigenvalue weighted by Gasteiger charge is 2.20. The molecule has 0 atom stereocenters. The molecule has 3 rings (SSSR count). The maximum Gasteiger partial charge on any atom is 0.224 e. The lowest BCUT2D eigenvalue weighted by Crippen LogP contribution is -2.37. The van der Waals surface area contributed by atoms with Crippen LogP contribution < -0.4 is 10.1 Å². The average Bonchev–Trinajstić information content (AvgIpc) is 2.67. The molecule has 0 saturated heterocycles. The summed E-state index contributed by atoms with van der Waals surface area (Å²) in [6, 6.07) is 11.0. The van der Waals surface area contributed by atoms with Gasteiger partial charge in [0.15, 0.2) is 11.6 Å². The number of carbonyl (C=O) groups excluding carboxylic acids is 1. The summed E-state index contributed by atoms with van der Waals surface area (Å²) < 4.78 is 32.3. The Labute approximate surface area is 151 Å². The number of carbonyl (C=O) groups is 1. The highest BCUT2D eigenvalue weighted by Crippen LogP contribution is 2.22. The fourth-order valence-electron chi connectivity index (χ4n) is 3.15. The normalized spacial score (nSPS) is 13.4. The van der Waals surface area contributed by atoms with Crippen molar-refractivity contribution >= 4 is 5.91 Å². The number of benzene rings is 2. The van der Waals surface area contributed by atoms with Gasteiger partial charge in [0.2, 0.25) is 11.7 Å². The third-order valence-electron chi connectivity index (χ3n) is 4.66. The first-order valence-electron chi connectivity index (χ1n) is 8.66. The number of fused-ring (bicyclic) bond motifs is 1. The van der Waals surface area contributed by atoms with E-state index in [2.05, 4.69) is 11.4 Å². The first-order valence-corrected chi connectivity index (χ1v) is 8.66. The van der Waals surface area contributed by atoms with E-state index in [-0.39, 0.29) is 23.8 Å². The number of hydrogen-bond acceptors (Lipinski definition) is 3. The minimum absolute atomic E-state index is 0.0633. The van der Waals surface area contributed by atoms with Gasteiger partial charge in [-0.1, -0.05) is 30.3 Å². The topological polar surface area (TPSA) is 41.6 Å². The van der Waals surface area contributed by atoms with Crippen LogP contribution in [0.3, 0.4) is 0 Å². The monoisotopic (exact) mass is 360 g/mol. The molecule has 1 amide bonds. The van der Waals surface area contributed by atoms with E-state index in [0.717, 1.165) is 6.42 Å². The standard InChI is InChI=1S/C20H22F2N2O2/c1-26-17-7-6-15(19(21)20(17)22)12-23-10-8-18(25)24-11-9-14-4-2-3-5-16(14)13-24/h2-7,23H,8-13H2,1H3. The summed E-state index contributed by atoms with van der Waals surface area (Å²) in [4.78, 5) is 14.2. The van der Waals surface area contributed by atoms with Crippen LogP contribution in [0.1, 0.15) is 23.1 Å². The first kappa shape index (κ1) is 18.3. The largest absolute Gasteiger partial charge is 0.494 e. The molecule has 1 aliphatic rings. The number of hydrogen-bond donors (Lipinski definition) is 1. The van der Waals surface area contributed by atoms with Crippen LogP contribution in [0.4, 0.5) is 8.78 Å². The van der Waals surface area contributed by atoms with Crippen molar-refractivity contribution in [1.82, 2.24) is 10.2 Å². The Bertz CT molecular complexity index is 795. The van der Waals surface area contributed by atoms with Crippen molar-refractivity contribution in [2.45, 2.75) is 25.9 Å². The van der Waals surface area contributed by atoms with Gasteiger partial charge in [0.25, 0.3) is 0 Å². The van der Waals surface area contributed by atoms with Gasteiger partial charge in [-0.2, -0.15) is 4.39 Å². The maximum atomic E-state index is 13.9. The van der Waals surface area contributed by atoms with Crippen LogP contribution in [0, 0.1) is 11.6 Å². The van der Waals surface area contributed by atoms with E-state index in [1.807, 2.05) is 23.1 Å². The van der Waals surface area contributed by atoms with Crippen molar-refractivity contribution in [3.05, 3.63) is 64.7 Å². The van der Waals surface area contributed by atoms with E-state index in [4.69, 9.17) is 4.74 Å². The number of nitrogens with zero attached hydrogens (tertiary/aromatic N) is 1. The smallest absolute Gasteiger partial charge is 0.224 e. The summed E-state index contributed by atoms with van der Waals surface area (Å²) in [5.41, 5.74) is 2.70. The quantitative estimate of drug-likeness (QED) is 0.805. The molecule has 0 bridgehead atoms. The molecular formula is C20H22F2N2O2. The number of amides is 1. The van der Waals surface area contributed by atoms with Crippen molar-refractivity contribution in [2.24, 2.45) is 0 Å². The minimum atomic E-state index is -0.991. The van der Waals surface area contributed by atoms with Gasteiger partial charge >= 0.3 is 0 Å². The highest BCUT2D eigenvalue weighted by molar-refractivity contribution is 5.76. The minimum Gasteiger partial charge on any atom is -0.494 e. The predicted octanol–water partition coefficient (Wildman–Crippen LogP) is 3.04. The van der Waals surface area contributed by atoms with Gasteiger partial charge in [-0.3, -0.25) is 4.79 Å². The third kappa shape index (κ3) is 4.02. The molecule has 1 aliphatic heterocycles. The van der Waals surface area contributed by atoms with Crippen molar-refractivity contribution in [2.75, 3.05) is 20.2 Å². The van der Waals surface area contributed by atoms with E-state index >= 15 is 0 Å². The van der Waals surface area contributed by atoms with Crippen molar-refractivity contribution < 1.29 is 18.3 Å². The summed E-state index contributed by atoms with van der Waals surface area (Å²) in [7, 11) is 1.29. The Morgan fingerprint density at radius 3 is 2.69 bits per heavy atom. The molecule has 0 saturated carbocycles. The lowest BCUT2D eigenvalue weighted by Gasteiger charge is -2.29. The van der Waals surface area contributed by atoms with E-state index in [1.165, 1.54) is 30.4 Å². The summed E-state index contributed by atoms with van der Waals surface area (Å²) >= 11 is 0. The second-order valence-electron chi connectivity index (χ2n) is 6.32. The van der Waals surface area contributed by atoms with Crippen LogP contribution in [0.5, 0.6) is 5.75 Å². The molecule has 0 fully saturated rings. The summed E-state index contributed by atoms with van der Waals surface area (Å²) in [6.45, 7) is 1.91. The molecule has 1 heterocycles. The zero-order chi connectivity index (χ0) is 18.5. The van der Waals surface area contributed by atoms with Crippen LogP contribution in [-0.4, -0.2) is 31.0 Å². The molecule has 0 spiro atoms. The van der Waals surface area contributed by atoms with Gasteiger partial charge in [-0.05, 0) is 23.6 Å². The van der Waals surface area contributed by atoms with Crippen LogP contribution >= 0.6 is 0 Å². The lowest BCUT2D eigenvalue weighted by atomic mass is 10.00. The molecular weight excluding hydrogens is 338 g/mol. The van der Waals surface area contributed by atoms with Crippen molar-refractivity contribution in [3.63, 3.8) is 0 Å². The third-order valence-corrected chi connectivity index (χ3v) is 4.66. The number of rotatable bonds is 6. The molecule has 6 heteroatoms. The van der Waals surface area contributed by atoms with E-state index in [9.17, 15) is 13.6 Å². The van der Waals surface area contributed by atoms with Crippen molar-refractivity contribution in [3.8, 4) is 5.75 Å². The molecule has 0 aliphatic carbocycles. The second-order valence-corrected chi connectivity index (χ2v) is 6.32. The SMILES string of the molecule is COc1ccc(CNCCC(=O)N2CCc3ccccc3C2)c(F)c1F. The van der Waals surface area contributed by atoms with Crippen LogP contribution in [-0.2, 0) is 24.3 Å². The molecule has 0 unspecified atom stereocenters. The Morgan fingerprint density at radius 1 is 1.15 bits per heavy atom. The van der Waals surface area contributed by atoms with Gasteiger partial charge in [-0.25, -0.2) is 4.39 Å². The fraction of sp³-hybridized carbons (Fsp3) is 0.350. The summed E-state index contributed by atoms with van der Waals surface area (Å²) in [5, 5.41) is 3.00. The van der Waals surface area contributed by atoms with Gasteiger partial charge in [-0.15, -0.1) is 0 Å². The van der Waals surface area contributed by atoms with E-state index in [0.29, 0.717) is 26.1 Å². The van der Waals surface area contributed by atoms with Crippen LogP contribution in [0.2, 0.25) is 0 Å². The molecule has 0 radical (unpaired) electrons. The number of nitrogens with one attached hydrogen (secondary N) is 1. The lowest BCUT2D eigenvalue weighted by molar-refractivity contribution is -0.132. The van der Waals surface area contributed by atoms with Crippen molar-refractivity contribution in [1.29, 1.82) is 0 Å². The molecule has 26 heavy (non-hydrogen) atoms. The molecule has 2 aromatic rings. The summed E-state index contributed by atoms with van der Waals surface area (Å²) in [6.07, 6.45) is 1.19. The van der Waals surface area contributed by atoms with Crippen LogP contribution in [0.25, 0.3) is 0 Å². The van der Waals surface area contributed by atoms with Gasteiger partial charge in [0, 0.05) is 38.2 Å². The Morgan fingerprint density at radius 2 is 1.92 bits per heavy atom. The maximum absolute atomic E-state index is 13.9. The van der Waals surface area contributed by atoms with Gasteiger partial charge in [0.05, 0.1) is 7.11 Å². The number of methoxy groups -OCH3 is 1. The van der Waals surface area contributed by atoms with Gasteiger partial charge < -0.3 is 15.0 Å². The fourth-order valence-corrected chi connectivity index (χ4v) is 3.15. The zero-order valence-corrected chi connectivity index (χ0v) is 14.7. The molecule has 1 N–H and O–H groups in total. The Balaban J connectivity index is 1.47. The second kappa shape index (κ2) is 8.27. The van der Waals surface area contributed by atoms with Crippen LogP contribution in [0.15, 0.2) is 36.4 Å². The Kier molecular flexibility index (Phi) is 5.83. The van der Waals surface area contributed by atoms with E-state index in [1.54, 1.807) is 0 Å². The molecule has 2 aromatic carbocycles. The summed E-state index contributed by atoms with van der Waals surface area (Å²) in [5.74, 6) is -1.97. The van der Waals surface area contributed by atoms with Gasteiger partial charge in [0.1, 0.15) is 0 Å². The molecule has 4 nitrogen and oxygen atoms in total.